The van der Waals surface area contributed by atoms with Crippen molar-refractivity contribution in [3.8, 4) is 0 Å². The number of aliphatic carboxylic acids is 1. The molecule has 17 heavy (non-hydrogen) atoms. The number of carbonyl (C=O) groups excluding carboxylic acids is 1. The molecule has 0 saturated carbocycles. The lowest BCUT2D eigenvalue weighted by Crippen LogP contribution is -2.43. The molecule has 2 heterocycles. The summed E-state index contributed by atoms with van der Waals surface area (Å²) >= 11 is 1.53. The van der Waals surface area contributed by atoms with E-state index < -0.39 is 17.9 Å². The molecule has 92 valence electrons. The first kappa shape index (κ1) is 12.1. The standard InChI is InChI=1S/C11H13NO4S/c13-10(3-7-1-2-17-6-7)12-9-5-16-4-8(9)11(14)15/h1-2,6,8-9H,3-5H2,(H,12,13)(H,14,15). The number of ether oxygens (including phenoxy) is 1. The third kappa shape index (κ3) is 3.04. The van der Waals surface area contributed by atoms with Gasteiger partial charge in [0, 0.05) is 0 Å². The number of nitrogens with one attached hydrogen (secondary N) is 1. The second kappa shape index (κ2) is 5.29. The number of rotatable bonds is 4. The highest BCUT2D eigenvalue weighted by Gasteiger charge is 2.34. The molecular formula is C11H13NO4S. The fraction of sp³-hybridized carbons (Fsp3) is 0.455. The van der Waals surface area contributed by atoms with Crippen molar-refractivity contribution >= 4 is 23.2 Å². The van der Waals surface area contributed by atoms with Gasteiger partial charge in [-0.15, -0.1) is 0 Å². The molecule has 1 fully saturated rings. The fourth-order valence-electron chi connectivity index (χ4n) is 1.78. The van der Waals surface area contributed by atoms with Crippen LogP contribution in [0.4, 0.5) is 0 Å². The van der Waals surface area contributed by atoms with Crippen LogP contribution in [0.2, 0.25) is 0 Å². The summed E-state index contributed by atoms with van der Waals surface area (Å²) < 4.78 is 5.07. The maximum absolute atomic E-state index is 11.7. The van der Waals surface area contributed by atoms with Crippen molar-refractivity contribution in [3.63, 3.8) is 0 Å². The summed E-state index contributed by atoms with van der Waals surface area (Å²) in [5, 5.41) is 15.4. The summed E-state index contributed by atoms with van der Waals surface area (Å²) in [6, 6.07) is 1.46. The number of carbonyl (C=O) groups is 2. The topological polar surface area (TPSA) is 75.6 Å². The van der Waals surface area contributed by atoms with Crippen LogP contribution in [0.25, 0.3) is 0 Å². The van der Waals surface area contributed by atoms with Crippen molar-refractivity contribution in [2.24, 2.45) is 5.92 Å². The zero-order valence-electron chi connectivity index (χ0n) is 9.09. The van der Waals surface area contributed by atoms with Gasteiger partial charge in [-0.1, -0.05) is 0 Å². The van der Waals surface area contributed by atoms with Gasteiger partial charge in [-0.05, 0) is 22.4 Å². The highest BCUT2D eigenvalue weighted by atomic mass is 32.1. The van der Waals surface area contributed by atoms with Crippen molar-refractivity contribution in [3.05, 3.63) is 22.4 Å². The average Bonchev–Trinajstić information content (AvgIpc) is 2.88. The Balaban J connectivity index is 1.88. The first-order chi connectivity index (χ1) is 8.16. The Morgan fingerprint density at radius 3 is 3.00 bits per heavy atom. The van der Waals surface area contributed by atoms with E-state index in [1.165, 1.54) is 11.3 Å². The lowest BCUT2D eigenvalue weighted by atomic mass is 10.0. The largest absolute Gasteiger partial charge is 0.481 e. The van der Waals surface area contributed by atoms with Gasteiger partial charge in [0.2, 0.25) is 5.91 Å². The van der Waals surface area contributed by atoms with E-state index in [1.54, 1.807) is 0 Å². The highest BCUT2D eigenvalue weighted by Crippen LogP contribution is 2.14. The molecule has 0 aromatic carbocycles. The molecule has 1 saturated heterocycles. The van der Waals surface area contributed by atoms with E-state index in [4.69, 9.17) is 9.84 Å². The van der Waals surface area contributed by atoms with Crippen molar-refractivity contribution in [2.45, 2.75) is 12.5 Å². The van der Waals surface area contributed by atoms with E-state index in [0.29, 0.717) is 0 Å². The molecule has 0 aliphatic carbocycles. The van der Waals surface area contributed by atoms with E-state index >= 15 is 0 Å². The first-order valence-corrected chi connectivity index (χ1v) is 6.22. The van der Waals surface area contributed by atoms with Gasteiger partial charge in [-0.3, -0.25) is 9.59 Å². The summed E-state index contributed by atoms with van der Waals surface area (Å²) in [4.78, 5) is 22.6. The van der Waals surface area contributed by atoms with E-state index in [1.807, 2.05) is 16.8 Å². The van der Waals surface area contributed by atoms with Crippen LogP contribution in [0.3, 0.4) is 0 Å². The Kier molecular flexibility index (Phi) is 3.75. The van der Waals surface area contributed by atoms with Crippen molar-refractivity contribution in [2.75, 3.05) is 13.2 Å². The smallest absolute Gasteiger partial charge is 0.311 e. The maximum Gasteiger partial charge on any atom is 0.311 e. The molecule has 1 aromatic heterocycles. The van der Waals surface area contributed by atoms with Crippen LogP contribution in [0.15, 0.2) is 16.8 Å². The molecule has 2 N–H and O–H groups in total. The Morgan fingerprint density at radius 1 is 1.53 bits per heavy atom. The summed E-state index contributed by atoms with van der Waals surface area (Å²) in [6.45, 7) is 0.436. The summed E-state index contributed by atoms with van der Waals surface area (Å²) in [7, 11) is 0. The van der Waals surface area contributed by atoms with Crippen LogP contribution >= 0.6 is 11.3 Å². The van der Waals surface area contributed by atoms with E-state index in [2.05, 4.69) is 5.32 Å². The van der Waals surface area contributed by atoms with Gasteiger partial charge in [0.25, 0.3) is 0 Å². The second-order valence-electron chi connectivity index (χ2n) is 3.96. The second-order valence-corrected chi connectivity index (χ2v) is 4.74. The van der Waals surface area contributed by atoms with Crippen LogP contribution in [0.1, 0.15) is 5.56 Å². The van der Waals surface area contributed by atoms with Crippen molar-refractivity contribution < 1.29 is 19.4 Å². The Morgan fingerprint density at radius 2 is 2.35 bits per heavy atom. The summed E-state index contributed by atoms with van der Waals surface area (Å²) in [5.41, 5.74) is 0.943. The lowest BCUT2D eigenvalue weighted by molar-refractivity contribution is -0.142. The van der Waals surface area contributed by atoms with Gasteiger partial charge < -0.3 is 15.2 Å². The minimum absolute atomic E-state index is 0.162. The molecule has 6 heteroatoms. The molecule has 1 amide bonds. The van der Waals surface area contributed by atoms with Crippen LogP contribution in [0, 0.1) is 5.92 Å². The predicted molar refractivity (Wildman–Crippen MR) is 61.9 cm³/mol. The molecule has 1 aromatic rings. The van der Waals surface area contributed by atoms with Crippen LogP contribution in [-0.4, -0.2) is 36.2 Å². The Hall–Kier alpha value is -1.40. The van der Waals surface area contributed by atoms with E-state index in [9.17, 15) is 9.59 Å². The molecule has 1 aliphatic rings. The normalized spacial score (nSPS) is 23.5. The number of hydrogen-bond acceptors (Lipinski definition) is 4. The first-order valence-electron chi connectivity index (χ1n) is 5.28. The van der Waals surface area contributed by atoms with E-state index in [-0.39, 0.29) is 25.5 Å². The molecule has 0 radical (unpaired) electrons. The molecule has 2 atom stereocenters. The number of carboxylic acid groups (broad SMARTS) is 1. The fourth-order valence-corrected chi connectivity index (χ4v) is 2.45. The Labute approximate surface area is 102 Å². The highest BCUT2D eigenvalue weighted by molar-refractivity contribution is 7.07. The van der Waals surface area contributed by atoms with Crippen LogP contribution < -0.4 is 5.32 Å². The molecule has 5 nitrogen and oxygen atoms in total. The van der Waals surface area contributed by atoms with Gasteiger partial charge in [0.1, 0.15) is 5.92 Å². The number of carboxylic acids is 1. The summed E-state index contributed by atoms with van der Waals surface area (Å²) in [5.74, 6) is -1.73. The minimum atomic E-state index is -0.927. The SMILES string of the molecule is O=C(Cc1ccsc1)NC1COCC1C(=O)O. The molecular weight excluding hydrogens is 242 g/mol. The van der Waals surface area contributed by atoms with Crippen LogP contribution in [0.5, 0.6) is 0 Å². The van der Waals surface area contributed by atoms with Crippen molar-refractivity contribution in [1.29, 1.82) is 0 Å². The molecule has 0 bridgehead atoms. The number of thiophene rings is 1. The monoisotopic (exact) mass is 255 g/mol. The molecule has 0 spiro atoms. The van der Waals surface area contributed by atoms with E-state index in [0.717, 1.165) is 5.56 Å². The van der Waals surface area contributed by atoms with Gasteiger partial charge in [-0.2, -0.15) is 11.3 Å². The number of amides is 1. The lowest BCUT2D eigenvalue weighted by Gasteiger charge is -2.15. The minimum Gasteiger partial charge on any atom is -0.481 e. The quantitative estimate of drug-likeness (QED) is 0.821. The average molecular weight is 255 g/mol. The zero-order valence-corrected chi connectivity index (χ0v) is 9.90. The van der Waals surface area contributed by atoms with Crippen LogP contribution in [-0.2, 0) is 20.7 Å². The maximum atomic E-state index is 11.7. The van der Waals surface area contributed by atoms with Gasteiger partial charge in [0.15, 0.2) is 0 Å². The zero-order chi connectivity index (χ0) is 12.3. The number of hydrogen-bond donors (Lipinski definition) is 2. The Bertz CT molecular complexity index is 404. The third-order valence-corrected chi connectivity index (χ3v) is 3.42. The van der Waals surface area contributed by atoms with Gasteiger partial charge in [-0.25, -0.2) is 0 Å². The van der Waals surface area contributed by atoms with Gasteiger partial charge in [0.05, 0.1) is 25.7 Å². The van der Waals surface area contributed by atoms with Crippen molar-refractivity contribution in [1.82, 2.24) is 5.32 Å². The predicted octanol–water partition coefficient (Wildman–Crippen LogP) is 0.506. The van der Waals surface area contributed by atoms with Gasteiger partial charge >= 0.3 is 5.97 Å². The third-order valence-electron chi connectivity index (χ3n) is 2.69. The molecule has 2 rings (SSSR count). The molecule has 1 aliphatic heterocycles. The molecule has 2 unspecified atom stereocenters. The summed E-state index contributed by atoms with van der Waals surface area (Å²) in [6.07, 6.45) is 0.284.